The molecule has 1 heterocycles. The van der Waals surface area contributed by atoms with Gasteiger partial charge in [0, 0.05) is 6.42 Å². The van der Waals surface area contributed by atoms with Gasteiger partial charge in [-0.3, -0.25) is 9.59 Å². The number of carboxylic acid groups (broad SMARTS) is 3. The Morgan fingerprint density at radius 1 is 1.09 bits per heavy atom. The largest absolute Gasteiger partial charge is 0.480 e. The molecule has 1 aliphatic heterocycles. The van der Waals surface area contributed by atoms with Gasteiger partial charge in [-0.2, -0.15) is 0 Å². The first-order valence-electron chi connectivity index (χ1n) is 6.56. The van der Waals surface area contributed by atoms with Crippen LogP contribution in [0.25, 0.3) is 0 Å². The highest BCUT2D eigenvalue weighted by atomic mass is 16.4. The van der Waals surface area contributed by atoms with Crippen molar-refractivity contribution in [2.75, 3.05) is 6.54 Å². The quantitative estimate of drug-likeness (QED) is 0.575. The summed E-state index contributed by atoms with van der Waals surface area (Å²) in [6.07, 6.45) is -0.460. The number of aliphatic carboxylic acids is 2. The first-order chi connectivity index (χ1) is 10.7. The Hall–Kier alpha value is -2.94. The fourth-order valence-corrected chi connectivity index (χ4v) is 2.53. The van der Waals surface area contributed by atoms with Gasteiger partial charge in [0.1, 0.15) is 11.6 Å². The zero-order chi connectivity index (χ0) is 17.4. The number of nitrogens with two attached hydrogens (primary N) is 1. The normalized spacial score (nSPS) is 23.5. The number of rotatable bonds is 4. The van der Waals surface area contributed by atoms with Crippen LogP contribution in [0.2, 0.25) is 0 Å². The summed E-state index contributed by atoms with van der Waals surface area (Å²) in [5, 5.41) is 27.5. The maximum Gasteiger partial charge on any atom is 0.336 e. The van der Waals surface area contributed by atoms with Gasteiger partial charge in [-0.25, -0.2) is 9.59 Å². The summed E-state index contributed by atoms with van der Waals surface area (Å²) in [4.78, 5) is 47.1. The van der Waals surface area contributed by atoms with Gasteiger partial charge < -0.3 is 26.0 Å². The number of carboxylic acids is 3. The lowest BCUT2D eigenvalue weighted by atomic mass is 9.98. The fourth-order valence-electron chi connectivity index (χ4n) is 2.53. The van der Waals surface area contributed by atoms with Crippen molar-refractivity contribution in [2.24, 2.45) is 5.73 Å². The van der Waals surface area contributed by atoms with E-state index in [2.05, 4.69) is 0 Å². The van der Waals surface area contributed by atoms with Gasteiger partial charge >= 0.3 is 17.9 Å². The van der Waals surface area contributed by atoms with Gasteiger partial charge in [0.15, 0.2) is 0 Å². The van der Waals surface area contributed by atoms with E-state index in [0.29, 0.717) is 0 Å². The van der Waals surface area contributed by atoms with Crippen LogP contribution >= 0.6 is 0 Å². The van der Waals surface area contributed by atoms with Crippen molar-refractivity contribution in [3.8, 4) is 0 Å². The second kappa shape index (κ2) is 5.69. The van der Waals surface area contributed by atoms with Crippen molar-refractivity contribution in [1.29, 1.82) is 0 Å². The van der Waals surface area contributed by atoms with Crippen LogP contribution in [0.5, 0.6) is 0 Å². The summed E-state index contributed by atoms with van der Waals surface area (Å²) in [7, 11) is 0. The molecule has 0 unspecified atom stereocenters. The lowest BCUT2D eigenvalue weighted by Gasteiger charge is -2.22. The number of likely N-dealkylation sites (tertiary alicyclic amines) is 1. The van der Waals surface area contributed by atoms with E-state index in [1.165, 1.54) is 24.3 Å². The van der Waals surface area contributed by atoms with Crippen molar-refractivity contribution < 1.29 is 34.5 Å². The molecule has 9 heteroatoms. The van der Waals surface area contributed by atoms with Crippen LogP contribution in [0.1, 0.15) is 27.1 Å². The molecule has 9 nitrogen and oxygen atoms in total. The molecule has 122 valence electrons. The van der Waals surface area contributed by atoms with Crippen molar-refractivity contribution in [2.45, 2.75) is 18.0 Å². The molecule has 2 rings (SSSR count). The van der Waals surface area contributed by atoms with E-state index in [1.54, 1.807) is 0 Å². The Balaban J connectivity index is 2.43. The average molecular weight is 322 g/mol. The topological polar surface area (TPSA) is 158 Å². The Morgan fingerprint density at radius 3 is 2.13 bits per heavy atom. The van der Waals surface area contributed by atoms with Crippen LogP contribution in [-0.4, -0.2) is 62.2 Å². The molecule has 1 fully saturated rings. The van der Waals surface area contributed by atoms with Crippen LogP contribution in [0.3, 0.4) is 0 Å². The van der Waals surface area contributed by atoms with Crippen LogP contribution < -0.4 is 5.73 Å². The first-order valence-corrected chi connectivity index (χ1v) is 6.56. The van der Waals surface area contributed by atoms with Crippen molar-refractivity contribution in [3.05, 3.63) is 35.4 Å². The number of carbonyl (C=O) groups excluding carboxylic acids is 1. The van der Waals surface area contributed by atoms with E-state index in [-0.39, 0.29) is 11.1 Å². The zero-order valence-electron chi connectivity index (χ0n) is 11.8. The number of aromatic carboxylic acids is 1. The third-order valence-corrected chi connectivity index (χ3v) is 3.75. The summed E-state index contributed by atoms with van der Waals surface area (Å²) in [6, 6.07) is 3.85. The molecule has 2 atom stereocenters. The SMILES string of the molecule is N[C@@]1(C(=O)O)C[C@@H](C(=O)O)N(C(=O)c2ccccc2C(=O)O)C1. The smallest absolute Gasteiger partial charge is 0.336 e. The molecule has 0 spiro atoms. The third kappa shape index (κ3) is 2.86. The highest BCUT2D eigenvalue weighted by Gasteiger charge is 2.51. The summed E-state index contributed by atoms with van der Waals surface area (Å²) < 4.78 is 0. The highest BCUT2D eigenvalue weighted by Crippen LogP contribution is 2.28. The minimum Gasteiger partial charge on any atom is -0.480 e. The van der Waals surface area contributed by atoms with Crippen LogP contribution in [0, 0.1) is 0 Å². The van der Waals surface area contributed by atoms with E-state index in [9.17, 15) is 24.3 Å². The molecule has 1 aromatic carbocycles. The zero-order valence-corrected chi connectivity index (χ0v) is 11.8. The average Bonchev–Trinajstić information content (AvgIpc) is 2.86. The van der Waals surface area contributed by atoms with Gasteiger partial charge in [-0.15, -0.1) is 0 Å². The van der Waals surface area contributed by atoms with E-state index < -0.39 is 48.4 Å². The predicted molar refractivity (Wildman–Crippen MR) is 75.0 cm³/mol. The number of amides is 1. The Bertz CT molecular complexity index is 702. The van der Waals surface area contributed by atoms with Crippen LogP contribution in [-0.2, 0) is 9.59 Å². The fraction of sp³-hybridized carbons (Fsp3) is 0.286. The standard InChI is InChI=1S/C14H14N2O7/c15-14(13(22)23)5-9(12(20)21)16(6-14)10(17)7-3-1-2-4-8(7)11(18)19/h1-4,9H,5-6,15H2,(H,18,19)(H,20,21)(H,22,23)/t9-,14-/m0/s1. The Morgan fingerprint density at radius 2 is 1.65 bits per heavy atom. The first kappa shape index (κ1) is 16.4. The summed E-state index contributed by atoms with van der Waals surface area (Å²) in [5.74, 6) is -5.06. The van der Waals surface area contributed by atoms with E-state index in [0.717, 1.165) is 4.90 Å². The number of hydrogen-bond acceptors (Lipinski definition) is 5. The summed E-state index contributed by atoms with van der Waals surface area (Å²) >= 11 is 0. The Labute approximate surface area is 129 Å². The number of nitrogens with zero attached hydrogens (tertiary/aromatic N) is 1. The molecular weight excluding hydrogens is 308 g/mol. The van der Waals surface area contributed by atoms with E-state index in [4.69, 9.17) is 15.9 Å². The van der Waals surface area contributed by atoms with Crippen LogP contribution in [0.4, 0.5) is 0 Å². The molecule has 1 aliphatic rings. The number of benzene rings is 1. The van der Waals surface area contributed by atoms with Gasteiger partial charge in [0.05, 0.1) is 17.7 Å². The molecule has 0 saturated carbocycles. The molecule has 0 bridgehead atoms. The molecule has 0 aliphatic carbocycles. The second-order valence-electron chi connectivity index (χ2n) is 5.30. The Kier molecular flexibility index (Phi) is 4.06. The molecule has 0 aromatic heterocycles. The van der Waals surface area contributed by atoms with Crippen molar-refractivity contribution in [3.63, 3.8) is 0 Å². The molecule has 1 amide bonds. The van der Waals surface area contributed by atoms with E-state index in [1.807, 2.05) is 0 Å². The molecule has 1 saturated heterocycles. The second-order valence-corrected chi connectivity index (χ2v) is 5.30. The van der Waals surface area contributed by atoms with Gasteiger partial charge in [-0.05, 0) is 12.1 Å². The lowest BCUT2D eigenvalue weighted by Crippen LogP contribution is -2.50. The van der Waals surface area contributed by atoms with Gasteiger partial charge in [0.2, 0.25) is 0 Å². The minimum absolute atomic E-state index is 0.221. The predicted octanol–water partition coefficient (Wildman–Crippen LogP) is -0.534. The molecule has 0 radical (unpaired) electrons. The number of hydrogen-bond donors (Lipinski definition) is 4. The molecular formula is C14H14N2O7. The number of carbonyl (C=O) groups is 4. The lowest BCUT2D eigenvalue weighted by molar-refractivity contribution is -0.143. The monoisotopic (exact) mass is 322 g/mol. The van der Waals surface area contributed by atoms with Crippen molar-refractivity contribution >= 4 is 23.8 Å². The summed E-state index contributed by atoms with van der Waals surface area (Å²) in [6.45, 7) is -0.522. The minimum atomic E-state index is -1.89. The van der Waals surface area contributed by atoms with Crippen LogP contribution in [0.15, 0.2) is 24.3 Å². The maximum atomic E-state index is 12.5. The van der Waals surface area contributed by atoms with Gasteiger partial charge in [0.25, 0.3) is 5.91 Å². The van der Waals surface area contributed by atoms with E-state index >= 15 is 0 Å². The van der Waals surface area contributed by atoms with Crippen molar-refractivity contribution in [1.82, 2.24) is 4.90 Å². The van der Waals surface area contributed by atoms with Gasteiger partial charge in [-0.1, -0.05) is 12.1 Å². The summed E-state index contributed by atoms with van der Waals surface area (Å²) in [5.41, 5.74) is 3.25. The third-order valence-electron chi connectivity index (χ3n) is 3.75. The molecule has 1 aromatic rings. The molecule has 23 heavy (non-hydrogen) atoms. The molecule has 5 N–H and O–H groups in total. The maximum absolute atomic E-state index is 12.5. The highest BCUT2D eigenvalue weighted by molar-refractivity contribution is 6.06.